The Morgan fingerprint density at radius 1 is 1.48 bits per heavy atom. The maximum Gasteiger partial charge on any atom is 0.254 e. The number of benzene rings is 1. The van der Waals surface area contributed by atoms with Gasteiger partial charge in [-0.1, -0.05) is 11.8 Å². The van der Waals surface area contributed by atoms with Gasteiger partial charge in [0, 0.05) is 18.7 Å². The zero-order chi connectivity index (χ0) is 15.1. The number of amides is 1. The SMILES string of the molecule is O=C(NCC1CCCCO1)c1cc(C#CCO)ccc1F. The van der Waals surface area contributed by atoms with Gasteiger partial charge in [0.25, 0.3) is 5.91 Å². The second-order valence-corrected chi connectivity index (χ2v) is 4.85. The summed E-state index contributed by atoms with van der Waals surface area (Å²) in [5, 5.41) is 11.3. The van der Waals surface area contributed by atoms with Crippen LogP contribution in [0, 0.1) is 17.7 Å². The summed E-state index contributed by atoms with van der Waals surface area (Å²) < 4.78 is 19.2. The first-order valence-corrected chi connectivity index (χ1v) is 7.00. The summed E-state index contributed by atoms with van der Waals surface area (Å²) in [5.74, 6) is 4.05. The van der Waals surface area contributed by atoms with Crippen molar-refractivity contribution in [1.29, 1.82) is 0 Å². The summed E-state index contributed by atoms with van der Waals surface area (Å²) in [4.78, 5) is 12.0. The molecule has 1 aromatic carbocycles. The highest BCUT2D eigenvalue weighted by Gasteiger charge is 2.17. The average molecular weight is 291 g/mol. The van der Waals surface area contributed by atoms with Gasteiger partial charge in [-0.2, -0.15) is 0 Å². The largest absolute Gasteiger partial charge is 0.384 e. The number of nitrogens with one attached hydrogen (secondary N) is 1. The van der Waals surface area contributed by atoms with E-state index in [-0.39, 0.29) is 18.3 Å². The fourth-order valence-electron chi connectivity index (χ4n) is 2.19. The standard InChI is InChI=1S/C16H18FNO3/c17-15-7-6-12(4-3-8-19)10-14(15)16(20)18-11-13-5-1-2-9-21-13/h6-7,10,13,19H,1-2,5,8-9,11H2,(H,18,20). The number of hydrogen-bond donors (Lipinski definition) is 2. The molecule has 1 atom stereocenters. The van der Waals surface area contributed by atoms with Crippen molar-refractivity contribution in [2.75, 3.05) is 19.8 Å². The third-order valence-corrected chi connectivity index (χ3v) is 3.29. The summed E-state index contributed by atoms with van der Waals surface area (Å²) in [7, 11) is 0. The van der Waals surface area contributed by atoms with Crippen molar-refractivity contribution in [3.8, 4) is 11.8 Å². The van der Waals surface area contributed by atoms with Gasteiger partial charge in [0.05, 0.1) is 11.7 Å². The fraction of sp³-hybridized carbons (Fsp3) is 0.438. The van der Waals surface area contributed by atoms with Gasteiger partial charge >= 0.3 is 0 Å². The number of carbonyl (C=O) groups is 1. The summed E-state index contributed by atoms with van der Waals surface area (Å²) in [6.07, 6.45) is 3.04. The number of hydrogen-bond acceptors (Lipinski definition) is 3. The molecule has 5 heteroatoms. The molecule has 2 N–H and O–H groups in total. The summed E-state index contributed by atoms with van der Waals surface area (Å²) >= 11 is 0. The van der Waals surface area contributed by atoms with Gasteiger partial charge in [0.15, 0.2) is 0 Å². The van der Waals surface area contributed by atoms with Crippen LogP contribution in [0.5, 0.6) is 0 Å². The first kappa shape index (κ1) is 15.5. The molecule has 0 aromatic heterocycles. The Labute approximate surface area is 123 Å². The molecule has 1 aliphatic rings. The van der Waals surface area contributed by atoms with Gasteiger partial charge in [0.2, 0.25) is 0 Å². The van der Waals surface area contributed by atoms with Crippen molar-refractivity contribution in [3.05, 3.63) is 35.1 Å². The van der Waals surface area contributed by atoms with E-state index in [1.54, 1.807) is 0 Å². The quantitative estimate of drug-likeness (QED) is 0.829. The van der Waals surface area contributed by atoms with Crippen molar-refractivity contribution >= 4 is 5.91 Å². The first-order chi connectivity index (χ1) is 10.2. The van der Waals surface area contributed by atoms with Crippen LogP contribution in [0.2, 0.25) is 0 Å². The summed E-state index contributed by atoms with van der Waals surface area (Å²) in [6.45, 7) is 0.809. The number of halogens is 1. The average Bonchev–Trinajstić information content (AvgIpc) is 2.53. The molecule has 1 aliphatic heterocycles. The molecule has 1 amide bonds. The van der Waals surface area contributed by atoms with Crippen LogP contribution in [0.4, 0.5) is 4.39 Å². The lowest BCUT2D eigenvalue weighted by Crippen LogP contribution is -2.35. The lowest BCUT2D eigenvalue weighted by molar-refractivity contribution is 0.0168. The van der Waals surface area contributed by atoms with Gasteiger partial charge in [-0.15, -0.1) is 0 Å². The molecular weight excluding hydrogens is 273 g/mol. The van der Waals surface area contributed by atoms with Crippen LogP contribution < -0.4 is 5.32 Å². The Hall–Kier alpha value is -1.90. The molecule has 0 radical (unpaired) electrons. The number of aliphatic hydroxyl groups is 1. The molecule has 0 bridgehead atoms. The number of ether oxygens (including phenoxy) is 1. The normalized spacial score (nSPS) is 17.7. The lowest BCUT2D eigenvalue weighted by Gasteiger charge is -2.22. The van der Waals surface area contributed by atoms with Gasteiger partial charge < -0.3 is 15.2 Å². The fourth-order valence-corrected chi connectivity index (χ4v) is 2.19. The minimum absolute atomic E-state index is 0.00289. The topological polar surface area (TPSA) is 58.6 Å². The van der Waals surface area contributed by atoms with Crippen LogP contribution in [-0.4, -0.2) is 36.9 Å². The molecule has 112 valence electrons. The predicted octanol–water partition coefficient (Wildman–Crippen LogP) is 1.47. The zero-order valence-corrected chi connectivity index (χ0v) is 11.7. The molecule has 1 aromatic rings. The molecular formula is C16H18FNO3. The molecule has 4 nitrogen and oxygen atoms in total. The molecule has 2 rings (SSSR count). The Morgan fingerprint density at radius 2 is 2.33 bits per heavy atom. The van der Waals surface area contributed by atoms with E-state index in [0.29, 0.717) is 18.7 Å². The summed E-state index contributed by atoms with van der Waals surface area (Å²) in [6, 6.07) is 4.06. The number of carbonyl (C=O) groups excluding carboxylic acids is 1. The maximum atomic E-state index is 13.7. The highest BCUT2D eigenvalue weighted by atomic mass is 19.1. The molecule has 0 aliphatic carbocycles. The van der Waals surface area contributed by atoms with Crippen LogP contribution in [0.15, 0.2) is 18.2 Å². The van der Waals surface area contributed by atoms with Crippen molar-refractivity contribution < 1.29 is 19.0 Å². The second kappa shape index (κ2) is 7.77. The molecule has 0 saturated carbocycles. The van der Waals surface area contributed by atoms with E-state index in [9.17, 15) is 9.18 Å². The van der Waals surface area contributed by atoms with Crippen LogP contribution >= 0.6 is 0 Å². The Kier molecular flexibility index (Phi) is 5.73. The van der Waals surface area contributed by atoms with E-state index in [2.05, 4.69) is 17.2 Å². The monoisotopic (exact) mass is 291 g/mol. The van der Waals surface area contributed by atoms with E-state index >= 15 is 0 Å². The highest BCUT2D eigenvalue weighted by Crippen LogP contribution is 2.13. The van der Waals surface area contributed by atoms with Crippen LogP contribution in [-0.2, 0) is 4.74 Å². The molecule has 0 spiro atoms. The summed E-state index contributed by atoms with van der Waals surface area (Å²) in [5.41, 5.74) is 0.445. The lowest BCUT2D eigenvalue weighted by atomic mass is 10.1. The minimum atomic E-state index is -0.591. The first-order valence-electron chi connectivity index (χ1n) is 7.00. The van der Waals surface area contributed by atoms with Crippen LogP contribution in [0.3, 0.4) is 0 Å². The molecule has 21 heavy (non-hydrogen) atoms. The van der Waals surface area contributed by atoms with E-state index in [4.69, 9.17) is 9.84 Å². The van der Waals surface area contributed by atoms with Crippen LogP contribution in [0.1, 0.15) is 35.2 Å². The predicted molar refractivity (Wildman–Crippen MR) is 76.3 cm³/mol. The number of rotatable bonds is 3. The molecule has 1 saturated heterocycles. The van der Waals surface area contributed by atoms with Crippen molar-refractivity contribution in [2.24, 2.45) is 0 Å². The van der Waals surface area contributed by atoms with Gasteiger partial charge in [-0.3, -0.25) is 4.79 Å². The van der Waals surface area contributed by atoms with E-state index in [0.717, 1.165) is 19.3 Å². The van der Waals surface area contributed by atoms with Gasteiger partial charge in [-0.25, -0.2) is 4.39 Å². The highest BCUT2D eigenvalue weighted by molar-refractivity contribution is 5.94. The van der Waals surface area contributed by atoms with E-state index < -0.39 is 11.7 Å². The molecule has 1 unspecified atom stereocenters. The maximum absolute atomic E-state index is 13.7. The van der Waals surface area contributed by atoms with E-state index in [1.807, 2.05) is 0 Å². The second-order valence-electron chi connectivity index (χ2n) is 4.85. The molecule has 1 heterocycles. The van der Waals surface area contributed by atoms with E-state index in [1.165, 1.54) is 18.2 Å². The number of aliphatic hydroxyl groups excluding tert-OH is 1. The third kappa shape index (κ3) is 4.55. The Morgan fingerprint density at radius 3 is 3.05 bits per heavy atom. The van der Waals surface area contributed by atoms with Crippen LogP contribution in [0.25, 0.3) is 0 Å². The van der Waals surface area contributed by atoms with Crippen molar-refractivity contribution in [1.82, 2.24) is 5.32 Å². The third-order valence-electron chi connectivity index (χ3n) is 3.29. The molecule has 1 fully saturated rings. The Bertz CT molecular complexity index is 556. The van der Waals surface area contributed by atoms with Gasteiger partial charge in [0.1, 0.15) is 12.4 Å². The zero-order valence-electron chi connectivity index (χ0n) is 11.7. The minimum Gasteiger partial charge on any atom is -0.384 e. The van der Waals surface area contributed by atoms with Crippen molar-refractivity contribution in [3.63, 3.8) is 0 Å². The Balaban J connectivity index is 2.00. The van der Waals surface area contributed by atoms with Gasteiger partial charge in [-0.05, 0) is 37.5 Å². The van der Waals surface area contributed by atoms with Crippen molar-refractivity contribution in [2.45, 2.75) is 25.4 Å². The smallest absolute Gasteiger partial charge is 0.254 e.